The van der Waals surface area contributed by atoms with Gasteiger partial charge in [-0.1, -0.05) is 86.6 Å². The van der Waals surface area contributed by atoms with Crippen LogP contribution in [0.4, 0.5) is 0 Å². The fourth-order valence-corrected chi connectivity index (χ4v) is 4.81. The average Bonchev–Trinajstić information content (AvgIpc) is 2.76. The minimum absolute atomic E-state index is 0.154. The van der Waals surface area contributed by atoms with Gasteiger partial charge in [-0.15, -0.1) is 0 Å². The molecular weight excluding hydrogens is 396 g/mol. The molecule has 1 aliphatic rings. The van der Waals surface area contributed by atoms with Gasteiger partial charge < -0.3 is 0 Å². The SMILES string of the molecule is CC(C)c1ccc(C(=O)CN2N=C(c3ccccc3)c3ccccc3S2(=O)=O)cc1. The van der Waals surface area contributed by atoms with Gasteiger partial charge in [0.15, 0.2) is 5.78 Å². The van der Waals surface area contributed by atoms with Gasteiger partial charge in [0.1, 0.15) is 12.3 Å². The number of Topliss-reactive ketones (excluding diaryl/α,β-unsaturated/α-hetero) is 1. The Morgan fingerprint density at radius 1 is 0.900 bits per heavy atom. The molecule has 0 fully saturated rings. The summed E-state index contributed by atoms with van der Waals surface area (Å²) < 4.78 is 27.2. The van der Waals surface area contributed by atoms with Gasteiger partial charge in [-0.3, -0.25) is 4.79 Å². The molecule has 4 rings (SSSR count). The molecule has 152 valence electrons. The summed E-state index contributed by atoms with van der Waals surface area (Å²) in [7, 11) is -3.92. The van der Waals surface area contributed by atoms with Crippen LogP contribution in [0.2, 0.25) is 0 Å². The maximum Gasteiger partial charge on any atom is 0.280 e. The van der Waals surface area contributed by atoms with E-state index in [0.717, 1.165) is 15.5 Å². The Balaban J connectivity index is 1.72. The first-order valence-corrected chi connectivity index (χ1v) is 11.2. The number of benzene rings is 3. The second-order valence-corrected chi connectivity index (χ2v) is 9.31. The van der Waals surface area contributed by atoms with Crippen LogP contribution in [-0.2, 0) is 10.0 Å². The molecule has 0 radical (unpaired) electrons. The number of ketones is 1. The highest BCUT2D eigenvalue weighted by molar-refractivity contribution is 7.89. The lowest BCUT2D eigenvalue weighted by atomic mass is 10.0. The van der Waals surface area contributed by atoms with Crippen LogP contribution in [0.1, 0.15) is 46.8 Å². The standard InChI is InChI=1S/C24H22N2O3S/c1-17(2)18-12-14-19(15-13-18)22(27)16-26-25-24(20-8-4-3-5-9-20)21-10-6-7-11-23(21)30(26,28)29/h3-15,17H,16H2,1-2H3. The molecule has 3 aromatic carbocycles. The summed E-state index contributed by atoms with van der Waals surface area (Å²) in [5, 5.41) is 4.40. The molecule has 0 aliphatic carbocycles. The van der Waals surface area contributed by atoms with Crippen LogP contribution in [0.5, 0.6) is 0 Å². The van der Waals surface area contributed by atoms with E-state index in [1.165, 1.54) is 0 Å². The number of nitrogens with zero attached hydrogens (tertiary/aromatic N) is 2. The number of hydrogen-bond donors (Lipinski definition) is 0. The molecule has 0 aromatic heterocycles. The normalized spacial score (nSPS) is 14.9. The second kappa shape index (κ2) is 7.88. The average molecular weight is 419 g/mol. The van der Waals surface area contributed by atoms with E-state index < -0.39 is 10.0 Å². The summed E-state index contributed by atoms with van der Waals surface area (Å²) in [5.41, 5.74) is 3.44. The zero-order valence-electron chi connectivity index (χ0n) is 16.8. The molecule has 0 N–H and O–H groups in total. The summed E-state index contributed by atoms with van der Waals surface area (Å²) in [4.78, 5) is 13.0. The lowest BCUT2D eigenvalue weighted by molar-refractivity contribution is 0.0967. The third-order valence-corrected chi connectivity index (χ3v) is 6.81. The maximum atomic E-state index is 13.2. The van der Waals surface area contributed by atoms with Crippen molar-refractivity contribution in [3.8, 4) is 0 Å². The third-order valence-electron chi connectivity index (χ3n) is 5.13. The largest absolute Gasteiger partial charge is 0.292 e. The van der Waals surface area contributed by atoms with Crippen molar-refractivity contribution in [3.05, 3.63) is 101 Å². The highest BCUT2D eigenvalue weighted by Gasteiger charge is 2.34. The molecular formula is C24H22N2O3S. The van der Waals surface area contributed by atoms with Crippen molar-refractivity contribution in [2.75, 3.05) is 6.54 Å². The molecule has 5 nitrogen and oxygen atoms in total. The van der Waals surface area contributed by atoms with Gasteiger partial charge >= 0.3 is 0 Å². The van der Waals surface area contributed by atoms with E-state index in [4.69, 9.17) is 0 Å². The lowest BCUT2D eigenvalue weighted by Crippen LogP contribution is -2.37. The van der Waals surface area contributed by atoms with Crippen LogP contribution < -0.4 is 0 Å². The number of sulfonamides is 1. The van der Waals surface area contributed by atoms with Gasteiger partial charge in [-0.2, -0.15) is 17.9 Å². The Morgan fingerprint density at radius 3 is 2.20 bits per heavy atom. The molecule has 0 amide bonds. The van der Waals surface area contributed by atoms with E-state index in [1.807, 2.05) is 42.5 Å². The molecule has 3 aromatic rings. The van der Waals surface area contributed by atoms with E-state index in [-0.39, 0.29) is 17.2 Å². The van der Waals surface area contributed by atoms with Crippen molar-refractivity contribution in [2.24, 2.45) is 5.10 Å². The Hall–Kier alpha value is -3.25. The summed E-state index contributed by atoms with van der Waals surface area (Å²) in [5.74, 6) is 0.0515. The van der Waals surface area contributed by atoms with Gasteiger partial charge in [0, 0.05) is 16.7 Å². The quantitative estimate of drug-likeness (QED) is 0.575. The number of hydrazone groups is 1. The Bertz CT molecular complexity index is 1210. The zero-order chi connectivity index (χ0) is 21.3. The van der Waals surface area contributed by atoms with Gasteiger partial charge in [0.2, 0.25) is 0 Å². The van der Waals surface area contributed by atoms with E-state index in [1.54, 1.807) is 36.4 Å². The maximum absolute atomic E-state index is 13.2. The Kier molecular flexibility index (Phi) is 5.26. The van der Waals surface area contributed by atoms with Gasteiger partial charge in [0.05, 0.1) is 4.90 Å². The fraction of sp³-hybridized carbons (Fsp3) is 0.167. The summed E-state index contributed by atoms with van der Waals surface area (Å²) in [6, 6.07) is 23.4. The van der Waals surface area contributed by atoms with Crippen molar-refractivity contribution in [1.29, 1.82) is 0 Å². The van der Waals surface area contributed by atoms with Crippen LogP contribution in [-0.4, -0.2) is 30.9 Å². The molecule has 0 unspecified atom stereocenters. The third kappa shape index (κ3) is 3.66. The van der Waals surface area contributed by atoms with E-state index in [9.17, 15) is 13.2 Å². The van der Waals surface area contributed by atoms with Gasteiger partial charge in [-0.05, 0) is 17.5 Å². The summed E-state index contributed by atoms with van der Waals surface area (Å²) in [6.07, 6.45) is 0. The van der Waals surface area contributed by atoms with Crippen LogP contribution in [0.25, 0.3) is 0 Å². The van der Waals surface area contributed by atoms with E-state index in [0.29, 0.717) is 22.8 Å². The van der Waals surface area contributed by atoms with E-state index in [2.05, 4.69) is 18.9 Å². The molecule has 1 aliphatic heterocycles. The molecule has 0 saturated carbocycles. The predicted octanol–water partition coefficient (Wildman–Crippen LogP) is 4.45. The highest BCUT2D eigenvalue weighted by atomic mass is 32.2. The van der Waals surface area contributed by atoms with Crippen molar-refractivity contribution in [1.82, 2.24) is 4.41 Å². The summed E-state index contributed by atoms with van der Waals surface area (Å²) in [6.45, 7) is 3.80. The first-order chi connectivity index (χ1) is 14.4. The molecule has 0 saturated heterocycles. The minimum atomic E-state index is -3.92. The first-order valence-electron chi connectivity index (χ1n) is 9.77. The number of rotatable bonds is 5. The van der Waals surface area contributed by atoms with E-state index >= 15 is 0 Å². The fourth-order valence-electron chi connectivity index (χ4n) is 3.42. The first kappa shape index (κ1) is 20.0. The molecule has 1 heterocycles. The van der Waals surface area contributed by atoms with Crippen LogP contribution in [0.3, 0.4) is 0 Å². The number of fused-ring (bicyclic) bond motifs is 1. The van der Waals surface area contributed by atoms with Crippen molar-refractivity contribution in [2.45, 2.75) is 24.7 Å². The number of hydrogen-bond acceptors (Lipinski definition) is 4. The van der Waals surface area contributed by atoms with Gasteiger partial charge in [-0.25, -0.2) is 0 Å². The molecule has 0 atom stereocenters. The molecule has 0 spiro atoms. The van der Waals surface area contributed by atoms with Crippen LogP contribution in [0.15, 0.2) is 88.9 Å². The van der Waals surface area contributed by atoms with Crippen LogP contribution in [0, 0.1) is 0 Å². The lowest BCUT2D eigenvalue weighted by Gasteiger charge is -2.26. The number of carbonyl (C=O) groups excluding carboxylic acids is 1. The van der Waals surface area contributed by atoms with Crippen molar-refractivity contribution in [3.63, 3.8) is 0 Å². The molecule has 0 bridgehead atoms. The second-order valence-electron chi connectivity index (χ2n) is 7.50. The zero-order valence-corrected chi connectivity index (χ0v) is 17.6. The molecule has 30 heavy (non-hydrogen) atoms. The Labute approximate surface area is 176 Å². The van der Waals surface area contributed by atoms with Crippen molar-refractivity contribution >= 4 is 21.5 Å². The predicted molar refractivity (Wildman–Crippen MR) is 117 cm³/mol. The minimum Gasteiger partial charge on any atom is -0.292 e. The number of carbonyl (C=O) groups is 1. The molecule has 6 heteroatoms. The monoisotopic (exact) mass is 418 g/mol. The van der Waals surface area contributed by atoms with Crippen LogP contribution >= 0.6 is 0 Å². The van der Waals surface area contributed by atoms with Gasteiger partial charge in [0.25, 0.3) is 10.0 Å². The Morgan fingerprint density at radius 2 is 1.53 bits per heavy atom. The topological polar surface area (TPSA) is 66.8 Å². The summed E-state index contributed by atoms with van der Waals surface area (Å²) >= 11 is 0. The van der Waals surface area contributed by atoms with Crippen molar-refractivity contribution < 1.29 is 13.2 Å². The highest BCUT2D eigenvalue weighted by Crippen LogP contribution is 2.29. The smallest absolute Gasteiger partial charge is 0.280 e.